The first-order chi connectivity index (χ1) is 13.3. The molecule has 6 nitrogen and oxygen atoms in total. The number of para-hydroxylation sites is 1. The molecule has 0 fully saturated rings. The molecular formula is C19H16F3N5O. The lowest BCUT2D eigenvalue weighted by Crippen LogP contribution is -2.09. The van der Waals surface area contributed by atoms with Crippen LogP contribution in [0.1, 0.15) is 12.5 Å². The first kappa shape index (κ1) is 19.2. The summed E-state index contributed by atoms with van der Waals surface area (Å²) in [5.41, 5.74) is 0.356. The summed E-state index contributed by atoms with van der Waals surface area (Å²) in [5, 5.41) is 8.36. The Labute approximate surface area is 158 Å². The van der Waals surface area contributed by atoms with E-state index in [1.807, 2.05) is 0 Å². The van der Waals surface area contributed by atoms with Gasteiger partial charge < -0.3 is 16.0 Å². The predicted octanol–water partition coefficient (Wildman–Crippen LogP) is 4.94. The van der Waals surface area contributed by atoms with Crippen LogP contribution in [0.15, 0.2) is 60.9 Å². The van der Waals surface area contributed by atoms with Crippen molar-refractivity contribution in [1.29, 1.82) is 0 Å². The third-order valence-electron chi connectivity index (χ3n) is 3.62. The summed E-state index contributed by atoms with van der Waals surface area (Å²) in [6.45, 7) is 1.40. The molecule has 144 valence electrons. The van der Waals surface area contributed by atoms with Gasteiger partial charge in [-0.05, 0) is 30.3 Å². The molecule has 0 unspecified atom stereocenters. The second kappa shape index (κ2) is 7.95. The average molecular weight is 387 g/mol. The van der Waals surface area contributed by atoms with Crippen LogP contribution in [-0.4, -0.2) is 15.9 Å². The third kappa shape index (κ3) is 4.97. The van der Waals surface area contributed by atoms with Crippen molar-refractivity contribution in [3.8, 4) is 0 Å². The van der Waals surface area contributed by atoms with Gasteiger partial charge in [-0.25, -0.2) is 9.97 Å². The number of hydrogen-bond acceptors (Lipinski definition) is 5. The fourth-order valence-electron chi connectivity index (χ4n) is 2.50. The molecule has 0 atom stereocenters. The van der Waals surface area contributed by atoms with E-state index >= 15 is 0 Å². The fraction of sp³-hybridized carbons (Fsp3) is 0.105. The second-order valence-corrected chi connectivity index (χ2v) is 5.84. The Hall–Kier alpha value is -3.62. The summed E-state index contributed by atoms with van der Waals surface area (Å²) in [5.74, 6) is 0.378. The number of halogens is 3. The summed E-state index contributed by atoms with van der Waals surface area (Å²) in [6, 6.07) is 13.6. The number of rotatable bonds is 5. The Balaban J connectivity index is 1.80. The molecule has 2 aromatic carbocycles. The highest BCUT2D eigenvalue weighted by atomic mass is 19.4. The van der Waals surface area contributed by atoms with Crippen molar-refractivity contribution in [2.45, 2.75) is 13.1 Å². The van der Waals surface area contributed by atoms with Crippen molar-refractivity contribution in [1.82, 2.24) is 9.97 Å². The van der Waals surface area contributed by atoms with E-state index in [2.05, 4.69) is 25.9 Å². The molecule has 0 spiro atoms. The third-order valence-corrected chi connectivity index (χ3v) is 3.62. The molecule has 1 amide bonds. The van der Waals surface area contributed by atoms with Gasteiger partial charge in [0.05, 0.1) is 11.3 Å². The number of aromatic nitrogens is 2. The van der Waals surface area contributed by atoms with Crippen LogP contribution >= 0.6 is 0 Å². The van der Waals surface area contributed by atoms with Crippen LogP contribution in [-0.2, 0) is 11.0 Å². The molecule has 0 bridgehead atoms. The van der Waals surface area contributed by atoms with Crippen LogP contribution < -0.4 is 16.0 Å². The first-order valence-corrected chi connectivity index (χ1v) is 8.21. The smallest absolute Gasteiger partial charge is 0.340 e. The van der Waals surface area contributed by atoms with Gasteiger partial charge in [-0.2, -0.15) is 13.2 Å². The largest absolute Gasteiger partial charge is 0.418 e. The number of hydrogen-bond donors (Lipinski definition) is 3. The SMILES string of the molecule is CC(=O)Nc1cccc(Nc2cc(Nc3ccccc3C(F)(F)F)ncn2)c1. The number of anilines is 5. The van der Waals surface area contributed by atoms with E-state index in [-0.39, 0.29) is 17.4 Å². The van der Waals surface area contributed by atoms with Crippen molar-refractivity contribution in [2.24, 2.45) is 0 Å². The van der Waals surface area contributed by atoms with Gasteiger partial charge in [0.1, 0.15) is 18.0 Å². The molecule has 0 aliphatic carbocycles. The Morgan fingerprint density at radius 2 is 1.57 bits per heavy atom. The minimum absolute atomic E-state index is 0.104. The maximum atomic E-state index is 13.1. The first-order valence-electron chi connectivity index (χ1n) is 8.21. The lowest BCUT2D eigenvalue weighted by atomic mass is 10.1. The number of carbonyl (C=O) groups is 1. The predicted molar refractivity (Wildman–Crippen MR) is 101 cm³/mol. The standard InChI is InChI=1S/C19H16F3N5O/c1-12(28)25-13-5-4-6-14(9-13)26-17-10-18(24-11-23-17)27-16-8-3-2-7-15(16)19(20,21)22/h2-11H,1H3,(H,25,28)(H2,23,24,26,27). The molecule has 3 N–H and O–H groups in total. The molecule has 28 heavy (non-hydrogen) atoms. The van der Waals surface area contributed by atoms with Crippen LogP contribution in [0.5, 0.6) is 0 Å². The van der Waals surface area contributed by atoms with E-state index in [0.717, 1.165) is 6.07 Å². The van der Waals surface area contributed by atoms with Gasteiger partial charge >= 0.3 is 6.18 Å². The molecule has 9 heteroatoms. The normalized spacial score (nSPS) is 11.0. The van der Waals surface area contributed by atoms with Gasteiger partial charge in [-0.1, -0.05) is 18.2 Å². The minimum Gasteiger partial charge on any atom is -0.340 e. The Morgan fingerprint density at radius 1 is 0.893 bits per heavy atom. The van der Waals surface area contributed by atoms with Gasteiger partial charge in [0.25, 0.3) is 0 Å². The van der Waals surface area contributed by atoms with Gasteiger partial charge in [0, 0.05) is 24.4 Å². The minimum atomic E-state index is -4.48. The highest BCUT2D eigenvalue weighted by Crippen LogP contribution is 2.35. The van der Waals surface area contributed by atoms with Crippen molar-refractivity contribution in [3.63, 3.8) is 0 Å². The summed E-state index contributed by atoms with van der Waals surface area (Å²) < 4.78 is 39.4. The van der Waals surface area contributed by atoms with Crippen molar-refractivity contribution in [3.05, 3.63) is 66.5 Å². The lowest BCUT2D eigenvalue weighted by molar-refractivity contribution is -0.136. The van der Waals surface area contributed by atoms with Crippen molar-refractivity contribution >= 4 is 34.6 Å². The van der Waals surface area contributed by atoms with Crippen molar-refractivity contribution < 1.29 is 18.0 Å². The van der Waals surface area contributed by atoms with Crippen molar-refractivity contribution in [2.75, 3.05) is 16.0 Å². The van der Waals surface area contributed by atoms with Crippen LogP contribution in [0.3, 0.4) is 0 Å². The number of nitrogens with one attached hydrogen (secondary N) is 3. The second-order valence-electron chi connectivity index (χ2n) is 5.84. The Bertz CT molecular complexity index is 991. The average Bonchev–Trinajstić information content (AvgIpc) is 2.61. The molecule has 0 aliphatic heterocycles. The number of amides is 1. The summed E-state index contributed by atoms with van der Waals surface area (Å²) in [7, 11) is 0. The zero-order valence-electron chi connectivity index (χ0n) is 14.7. The zero-order valence-corrected chi connectivity index (χ0v) is 14.7. The molecule has 3 rings (SSSR count). The summed E-state index contributed by atoms with van der Waals surface area (Å²) in [4.78, 5) is 19.2. The molecule has 0 aliphatic rings. The van der Waals surface area contributed by atoms with E-state index in [9.17, 15) is 18.0 Å². The van der Waals surface area contributed by atoms with E-state index in [4.69, 9.17) is 0 Å². The molecule has 0 radical (unpaired) electrons. The highest BCUT2D eigenvalue weighted by molar-refractivity contribution is 5.89. The molecule has 0 saturated carbocycles. The van der Waals surface area contributed by atoms with Crippen LogP contribution in [0.4, 0.5) is 41.9 Å². The molecule has 1 heterocycles. The maximum absolute atomic E-state index is 13.1. The molecule has 0 saturated heterocycles. The van der Waals surface area contributed by atoms with E-state index in [1.54, 1.807) is 24.3 Å². The summed E-state index contributed by atoms with van der Waals surface area (Å²) >= 11 is 0. The maximum Gasteiger partial charge on any atom is 0.418 e. The number of nitrogens with zero attached hydrogens (tertiary/aromatic N) is 2. The van der Waals surface area contributed by atoms with E-state index < -0.39 is 11.7 Å². The monoisotopic (exact) mass is 387 g/mol. The van der Waals surface area contributed by atoms with Gasteiger partial charge in [-0.15, -0.1) is 0 Å². The van der Waals surface area contributed by atoms with Gasteiger partial charge in [0.15, 0.2) is 0 Å². The summed E-state index contributed by atoms with van der Waals surface area (Å²) in [6.07, 6.45) is -3.25. The molecule has 3 aromatic rings. The highest BCUT2D eigenvalue weighted by Gasteiger charge is 2.33. The van der Waals surface area contributed by atoms with Crippen LogP contribution in [0, 0.1) is 0 Å². The Kier molecular flexibility index (Phi) is 5.44. The van der Waals surface area contributed by atoms with E-state index in [0.29, 0.717) is 17.2 Å². The van der Waals surface area contributed by atoms with Crippen LogP contribution in [0.25, 0.3) is 0 Å². The topological polar surface area (TPSA) is 78.9 Å². The number of benzene rings is 2. The lowest BCUT2D eigenvalue weighted by Gasteiger charge is -2.14. The van der Waals surface area contributed by atoms with Crippen LogP contribution in [0.2, 0.25) is 0 Å². The number of carbonyl (C=O) groups excluding carboxylic acids is 1. The Morgan fingerprint density at radius 3 is 2.29 bits per heavy atom. The van der Waals surface area contributed by atoms with Gasteiger partial charge in [-0.3, -0.25) is 4.79 Å². The fourth-order valence-corrected chi connectivity index (χ4v) is 2.50. The quantitative estimate of drug-likeness (QED) is 0.578. The zero-order chi connectivity index (χ0) is 20.1. The molecular weight excluding hydrogens is 371 g/mol. The van der Waals surface area contributed by atoms with E-state index in [1.165, 1.54) is 37.5 Å². The number of alkyl halides is 3. The van der Waals surface area contributed by atoms with Gasteiger partial charge in [0.2, 0.25) is 5.91 Å². The molecule has 1 aromatic heterocycles.